The second-order valence-electron chi connectivity index (χ2n) is 5.93. The van der Waals surface area contributed by atoms with Gasteiger partial charge in [-0.1, -0.05) is 36.7 Å². The molecule has 10 nitrogen and oxygen atoms in total. The van der Waals surface area contributed by atoms with Crippen LogP contribution in [0, 0.1) is 0 Å². The molecule has 1 aromatic carbocycles. The summed E-state index contributed by atoms with van der Waals surface area (Å²) >= 11 is 0. The molecule has 0 spiro atoms. The fourth-order valence-corrected chi connectivity index (χ4v) is 1.72. The summed E-state index contributed by atoms with van der Waals surface area (Å²) in [5, 5.41) is 2.74. The Kier molecular flexibility index (Phi) is 11.7. The maximum absolute atomic E-state index is 12.1. The van der Waals surface area contributed by atoms with Crippen molar-refractivity contribution in [2.24, 2.45) is 11.5 Å². The Labute approximate surface area is 179 Å². The predicted molar refractivity (Wildman–Crippen MR) is 114 cm³/mol. The molecule has 7 N–H and O–H groups in total. The zero-order valence-electron chi connectivity index (χ0n) is 20.6. The molecule has 0 saturated carbocycles. The van der Waals surface area contributed by atoms with Gasteiger partial charge in [-0.25, -0.2) is 0 Å². The molecule has 29 heavy (non-hydrogen) atoms. The van der Waals surface area contributed by atoms with E-state index >= 15 is 0 Å². The molecule has 0 aliphatic heterocycles. The second kappa shape index (κ2) is 15.3. The number of nitrogens with one attached hydrogen (secondary N) is 1. The highest BCUT2D eigenvalue weighted by Gasteiger charge is 2.15. The minimum absolute atomic E-state index is 0.159. The van der Waals surface area contributed by atoms with Gasteiger partial charge in [0.05, 0.1) is 18.6 Å². The van der Waals surface area contributed by atoms with Crippen LogP contribution in [0.5, 0.6) is 0 Å². The van der Waals surface area contributed by atoms with Crippen molar-refractivity contribution >= 4 is 26.1 Å². The van der Waals surface area contributed by atoms with Crippen molar-refractivity contribution in [1.82, 2.24) is 5.32 Å². The molecule has 0 saturated heterocycles. The molecular weight excluding hydrogens is 422 g/mol. The molecule has 1 amide bonds. The Hall–Kier alpha value is -1.57. The van der Waals surface area contributed by atoms with Crippen LogP contribution in [0.2, 0.25) is 0 Å². The van der Waals surface area contributed by atoms with Crippen molar-refractivity contribution in [3.8, 4) is 0 Å². The molecule has 0 aromatic heterocycles. The minimum atomic E-state index is -3.67. The summed E-state index contributed by atoms with van der Waals surface area (Å²) in [6.07, 6.45) is -2.88. The average molecular weight is 460 g/mol. The molecule has 12 heteroatoms. The highest BCUT2D eigenvalue weighted by atomic mass is 32.2. The number of benzene rings is 1. The van der Waals surface area contributed by atoms with Gasteiger partial charge in [-0.3, -0.25) is 13.9 Å². The van der Waals surface area contributed by atoms with Crippen molar-refractivity contribution < 1.29 is 36.2 Å². The largest absolute Gasteiger partial charge is 0.352 e. The number of hydrogen-bond acceptors (Lipinski definition) is 7. The van der Waals surface area contributed by atoms with Crippen LogP contribution in [0.15, 0.2) is 30.3 Å². The van der Waals surface area contributed by atoms with Crippen LogP contribution in [-0.4, -0.2) is 63.0 Å². The Morgan fingerprint density at radius 3 is 1.97 bits per heavy atom. The van der Waals surface area contributed by atoms with Crippen LogP contribution in [-0.2, 0) is 31.5 Å². The molecule has 1 rings (SSSR count). The van der Waals surface area contributed by atoms with Crippen LogP contribution in [0.3, 0.4) is 0 Å². The Morgan fingerprint density at radius 1 is 1.10 bits per heavy atom. The lowest BCUT2D eigenvalue weighted by Crippen LogP contribution is -2.45. The van der Waals surface area contributed by atoms with Gasteiger partial charge in [-0.05, 0) is 38.2 Å². The molecule has 0 unspecified atom stereocenters. The summed E-state index contributed by atoms with van der Waals surface area (Å²) in [6, 6.07) is 8.36. The first-order valence-corrected chi connectivity index (χ1v) is 11.9. The first-order chi connectivity index (χ1) is 14.6. The van der Waals surface area contributed by atoms with E-state index in [2.05, 4.69) is 5.32 Å². The lowest BCUT2D eigenvalue weighted by atomic mass is 10.1. The van der Waals surface area contributed by atoms with E-state index in [9.17, 15) is 21.6 Å². The number of amides is 1. The van der Waals surface area contributed by atoms with Gasteiger partial charge >= 0.3 is 0 Å². The number of carbonyl (C=O) groups is 1. The van der Waals surface area contributed by atoms with Crippen LogP contribution in [0.25, 0.3) is 0 Å². The standard InChI is InChI=1S/C15H25N3O.2CH4O3S/c1-12(11-13-7-3-2-4-8-13)18-15(19)14(17)9-5-6-10-16;2*1-5(2,3)4/h2-4,7-8,12,14H,5-6,9-11,16-17H2,1H3,(H,18,19);2*1H3,(H,2,3,4)/t12-,14-;;/m0../s1/i5D2,6D2;;. The normalized spacial score (nSPS) is 16.1. The third-order valence-electron chi connectivity index (χ3n) is 2.66. The first kappa shape index (κ1) is 22.1. The summed E-state index contributed by atoms with van der Waals surface area (Å²) in [5.74, 6) is -0.495. The lowest BCUT2D eigenvalue weighted by molar-refractivity contribution is -0.123. The Bertz CT molecular complexity index is 885. The molecule has 0 bridgehead atoms. The molecule has 2 atom stereocenters. The lowest BCUT2D eigenvalue weighted by Gasteiger charge is -2.17. The average Bonchev–Trinajstić information content (AvgIpc) is 2.59. The topological polar surface area (TPSA) is 190 Å². The van der Waals surface area contributed by atoms with Crippen molar-refractivity contribution in [2.75, 3.05) is 19.1 Å². The van der Waals surface area contributed by atoms with Gasteiger partial charge in [0.25, 0.3) is 20.2 Å². The molecule has 0 aliphatic carbocycles. The van der Waals surface area contributed by atoms with Gasteiger partial charge in [0, 0.05) is 11.5 Å². The summed E-state index contributed by atoms with van der Waals surface area (Å²) in [7, 11) is -7.33. The van der Waals surface area contributed by atoms with Crippen molar-refractivity contribution in [2.45, 2.75) is 44.6 Å². The summed E-state index contributed by atoms with van der Waals surface area (Å²) in [5.41, 5.74) is 12.1. The van der Waals surface area contributed by atoms with Crippen molar-refractivity contribution in [3.05, 3.63) is 35.9 Å². The Morgan fingerprint density at radius 2 is 1.55 bits per heavy atom. The molecule has 0 fully saturated rings. The maximum atomic E-state index is 12.1. The van der Waals surface area contributed by atoms with Crippen LogP contribution in [0.4, 0.5) is 0 Å². The number of nitrogens with two attached hydrogens (primary N) is 2. The van der Waals surface area contributed by atoms with Crippen LogP contribution in [0.1, 0.15) is 37.1 Å². The SMILES string of the molecule is CS(=O)(=O)O.CS(=O)(=O)O.[2H]C([2H])(CN)C([2H])([2H])C[C@H](N)C(=O)N[C@@H](C)Cc1ccccc1. The van der Waals surface area contributed by atoms with Gasteiger partial charge < -0.3 is 16.8 Å². The van der Waals surface area contributed by atoms with E-state index in [0.29, 0.717) is 18.9 Å². The molecule has 0 heterocycles. The van der Waals surface area contributed by atoms with Crippen molar-refractivity contribution in [1.29, 1.82) is 0 Å². The predicted octanol–water partition coefficient (Wildman–Crippen LogP) is 0.198. The molecule has 170 valence electrons. The molecule has 0 aliphatic rings. The van der Waals surface area contributed by atoms with Crippen molar-refractivity contribution in [3.63, 3.8) is 0 Å². The third-order valence-corrected chi connectivity index (χ3v) is 2.66. The van der Waals surface area contributed by atoms with E-state index in [4.69, 9.17) is 26.1 Å². The first-order valence-electron chi connectivity index (χ1n) is 10.2. The van der Waals surface area contributed by atoms with E-state index in [0.717, 1.165) is 5.56 Å². The highest BCUT2D eigenvalue weighted by Crippen LogP contribution is 2.04. The smallest absolute Gasteiger partial charge is 0.261 e. The molecule has 1 aromatic rings. The highest BCUT2D eigenvalue weighted by molar-refractivity contribution is 7.85. The zero-order valence-corrected chi connectivity index (χ0v) is 18.2. The van der Waals surface area contributed by atoms with E-state index in [-0.39, 0.29) is 6.04 Å². The van der Waals surface area contributed by atoms with Gasteiger partial charge in [0.1, 0.15) is 0 Å². The number of rotatable bonds is 8. The zero-order chi connectivity index (χ0) is 26.7. The number of hydrogen-bond donors (Lipinski definition) is 5. The fraction of sp³-hybridized carbons (Fsp3) is 0.588. The fourth-order valence-electron chi connectivity index (χ4n) is 1.72. The quantitative estimate of drug-likeness (QED) is 0.338. The monoisotopic (exact) mass is 459 g/mol. The molecule has 0 radical (unpaired) electrons. The van der Waals surface area contributed by atoms with Gasteiger partial charge in [-0.15, -0.1) is 0 Å². The van der Waals surface area contributed by atoms with E-state index in [1.54, 1.807) is 0 Å². The van der Waals surface area contributed by atoms with Gasteiger partial charge in [0.15, 0.2) is 0 Å². The summed E-state index contributed by atoms with van der Waals surface area (Å²) < 4.78 is 82.4. The van der Waals surface area contributed by atoms with Crippen LogP contribution >= 0.6 is 0 Å². The summed E-state index contributed by atoms with van der Waals surface area (Å²) in [4.78, 5) is 12.1. The summed E-state index contributed by atoms with van der Waals surface area (Å²) in [6.45, 7) is 1.37. The van der Waals surface area contributed by atoms with Crippen LogP contribution < -0.4 is 16.8 Å². The number of carbonyl (C=O) groups excluding carboxylic acids is 1. The second-order valence-corrected chi connectivity index (χ2v) is 8.87. The third kappa shape index (κ3) is 28.7. The van der Waals surface area contributed by atoms with E-state index in [1.807, 2.05) is 37.3 Å². The minimum Gasteiger partial charge on any atom is -0.352 e. The maximum Gasteiger partial charge on any atom is 0.261 e. The molecular formula is C17H33N3O7S2. The Balaban J connectivity index is 0. The van der Waals surface area contributed by atoms with Gasteiger partial charge in [0.2, 0.25) is 5.91 Å². The van der Waals surface area contributed by atoms with E-state index < -0.39 is 57.9 Å². The van der Waals surface area contributed by atoms with E-state index in [1.165, 1.54) is 0 Å². The van der Waals surface area contributed by atoms with Gasteiger partial charge in [-0.2, -0.15) is 16.8 Å².